The first-order valence-corrected chi connectivity index (χ1v) is 5.89. The monoisotopic (exact) mass is 220 g/mol. The van der Waals surface area contributed by atoms with E-state index < -0.39 is 0 Å². The number of anilines is 1. The highest BCUT2D eigenvalue weighted by Crippen LogP contribution is 2.15. The Hall–Kier alpha value is -1.02. The average Bonchev–Trinajstić information content (AvgIpc) is 2.14. The van der Waals surface area contributed by atoms with E-state index in [0.717, 1.165) is 13.0 Å². The Morgan fingerprint density at radius 1 is 1.06 bits per heavy atom. The molecule has 90 valence electrons. The van der Waals surface area contributed by atoms with Crippen molar-refractivity contribution in [2.24, 2.45) is 0 Å². The van der Waals surface area contributed by atoms with E-state index in [0.29, 0.717) is 0 Å². The van der Waals surface area contributed by atoms with Crippen LogP contribution in [0.3, 0.4) is 0 Å². The van der Waals surface area contributed by atoms with Crippen molar-refractivity contribution in [2.45, 2.75) is 32.7 Å². The molecule has 1 aromatic rings. The molecule has 0 aliphatic heterocycles. The Kier molecular flexibility index (Phi) is 4.36. The number of benzene rings is 1. The van der Waals surface area contributed by atoms with Crippen LogP contribution in [0, 0.1) is 0 Å². The summed E-state index contributed by atoms with van der Waals surface area (Å²) in [6.07, 6.45) is 1.11. The highest BCUT2D eigenvalue weighted by molar-refractivity contribution is 5.46. The van der Waals surface area contributed by atoms with Crippen molar-refractivity contribution >= 4 is 5.69 Å². The van der Waals surface area contributed by atoms with Crippen LogP contribution in [0.25, 0.3) is 0 Å². The van der Waals surface area contributed by atoms with Gasteiger partial charge in [0.15, 0.2) is 0 Å². The zero-order valence-corrected chi connectivity index (χ0v) is 11.2. The van der Waals surface area contributed by atoms with Crippen LogP contribution in [0.15, 0.2) is 24.3 Å². The van der Waals surface area contributed by atoms with Crippen LogP contribution < -0.4 is 5.32 Å². The summed E-state index contributed by atoms with van der Waals surface area (Å²) in [5, 5.41) is 3.46. The minimum atomic E-state index is 0.130. The number of likely N-dealkylation sites (N-methyl/N-ethyl adjacent to an activating group) is 1. The standard InChI is InChI=1S/C14H24N2/c1-14(2,3)15-13-8-6-12(7-9-13)10-11-16(4)5/h6-9,15H,10-11H2,1-5H3. The van der Waals surface area contributed by atoms with Gasteiger partial charge in [-0.15, -0.1) is 0 Å². The van der Waals surface area contributed by atoms with Crippen molar-refractivity contribution < 1.29 is 0 Å². The third-order valence-corrected chi connectivity index (χ3v) is 2.32. The van der Waals surface area contributed by atoms with Gasteiger partial charge in [0.25, 0.3) is 0 Å². The highest BCUT2D eigenvalue weighted by Gasteiger charge is 2.08. The van der Waals surface area contributed by atoms with E-state index in [2.05, 4.69) is 69.3 Å². The molecule has 1 rings (SSSR count). The Morgan fingerprint density at radius 3 is 2.06 bits per heavy atom. The molecule has 1 N–H and O–H groups in total. The quantitative estimate of drug-likeness (QED) is 0.839. The van der Waals surface area contributed by atoms with Gasteiger partial charge in [0.1, 0.15) is 0 Å². The maximum atomic E-state index is 3.46. The number of nitrogens with zero attached hydrogens (tertiary/aromatic N) is 1. The third kappa shape index (κ3) is 5.17. The van der Waals surface area contributed by atoms with Crippen LogP contribution >= 0.6 is 0 Å². The van der Waals surface area contributed by atoms with E-state index in [4.69, 9.17) is 0 Å². The van der Waals surface area contributed by atoms with Gasteiger partial charge in [-0.2, -0.15) is 0 Å². The van der Waals surface area contributed by atoms with E-state index in [1.165, 1.54) is 11.3 Å². The SMILES string of the molecule is CN(C)CCc1ccc(NC(C)(C)C)cc1. The molecule has 0 atom stereocenters. The Balaban J connectivity index is 2.54. The molecule has 0 aliphatic rings. The summed E-state index contributed by atoms with van der Waals surface area (Å²) in [6.45, 7) is 7.62. The lowest BCUT2D eigenvalue weighted by Gasteiger charge is -2.22. The van der Waals surface area contributed by atoms with E-state index in [9.17, 15) is 0 Å². The molecular weight excluding hydrogens is 196 g/mol. The van der Waals surface area contributed by atoms with Gasteiger partial charge < -0.3 is 10.2 Å². The molecule has 2 nitrogen and oxygen atoms in total. The fraction of sp³-hybridized carbons (Fsp3) is 0.571. The van der Waals surface area contributed by atoms with Gasteiger partial charge in [-0.05, 0) is 59.0 Å². The predicted octanol–water partition coefficient (Wildman–Crippen LogP) is 3.00. The average molecular weight is 220 g/mol. The van der Waals surface area contributed by atoms with Gasteiger partial charge in [0, 0.05) is 17.8 Å². The van der Waals surface area contributed by atoms with Gasteiger partial charge in [-0.25, -0.2) is 0 Å². The van der Waals surface area contributed by atoms with Crippen molar-refractivity contribution in [3.05, 3.63) is 29.8 Å². The van der Waals surface area contributed by atoms with Gasteiger partial charge in [-0.3, -0.25) is 0 Å². The summed E-state index contributed by atoms with van der Waals surface area (Å²) >= 11 is 0. The maximum Gasteiger partial charge on any atom is 0.0344 e. The molecular formula is C14H24N2. The van der Waals surface area contributed by atoms with Gasteiger partial charge in [0.05, 0.1) is 0 Å². The minimum absolute atomic E-state index is 0.130. The van der Waals surface area contributed by atoms with Crippen molar-refractivity contribution in [3.63, 3.8) is 0 Å². The van der Waals surface area contributed by atoms with E-state index in [-0.39, 0.29) is 5.54 Å². The predicted molar refractivity (Wildman–Crippen MR) is 72.1 cm³/mol. The van der Waals surface area contributed by atoms with Crippen LogP contribution in [-0.2, 0) is 6.42 Å². The number of nitrogens with one attached hydrogen (secondary N) is 1. The first-order chi connectivity index (χ1) is 7.37. The van der Waals surface area contributed by atoms with E-state index >= 15 is 0 Å². The Bertz CT molecular complexity index is 307. The molecule has 2 heteroatoms. The normalized spacial score (nSPS) is 11.9. The molecule has 0 bridgehead atoms. The smallest absolute Gasteiger partial charge is 0.0344 e. The second kappa shape index (κ2) is 5.35. The second-order valence-electron chi connectivity index (χ2n) is 5.63. The van der Waals surface area contributed by atoms with Crippen LogP contribution in [0.1, 0.15) is 26.3 Å². The molecule has 0 fully saturated rings. The zero-order valence-electron chi connectivity index (χ0n) is 11.2. The van der Waals surface area contributed by atoms with Gasteiger partial charge in [0.2, 0.25) is 0 Å². The Morgan fingerprint density at radius 2 is 1.62 bits per heavy atom. The molecule has 0 saturated carbocycles. The summed E-state index contributed by atoms with van der Waals surface area (Å²) in [7, 11) is 4.21. The summed E-state index contributed by atoms with van der Waals surface area (Å²) < 4.78 is 0. The van der Waals surface area contributed by atoms with Crippen LogP contribution in [-0.4, -0.2) is 31.1 Å². The Labute approximate surface area is 99.7 Å². The van der Waals surface area contributed by atoms with Crippen LogP contribution in [0.5, 0.6) is 0 Å². The van der Waals surface area contributed by atoms with Crippen molar-refractivity contribution in [2.75, 3.05) is 26.0 Å². The lowest BCUT2D eigenvalue weighted by atomic mass is 10.1. The molecule has 0 unspecified atom stereocenters. The van der Waals surface area contributed by atoms with Crippen molar-refractivity contribution in [1.29, 1.82) is 0 Å². The summed E-state index contributed by atoms with van der Waals surface area (Å²) in [4.78, 5) is 2.21. The number of hydrogen-bond donors (Lipinski definition) is 1. The molecule has 1 aromatic carbocycles. The lowest BCUT2D eigenvalue weighted by molar-refractivity contribution is 0.413. The molecule has 16 heavy (non-hydrogen) atoms. The molecule has 0 heterocycles. The number of hydrogen-bond acceptors (Lipinski definition) is 2. The largest absolute Gasteiger partial charge is 0.380 e. The van der Waals surface area contributed by atoms with Crippen molar-refractivity contribution in [3.8, 4) is 0 Å². The highest BCUT2D eigenvalue weighted by atomic mass is 15.0. The first kappa shape index (κ1) is 13.0. The van der Waals surface area contributed by atoms with E-state index in [1.807, 2.05) is 0 Å². The summed E-state index contributed by atoms with van der Waals surface area (Å²) in [5.74, 6) is 0. The van der Waals surface area contributed by atoms with Gasteiger partial charge >= 0.3 is 0 Å². The first-order valence-electron chi connectivity index (χ1n) is 5.89. The lowest BCUT2D eigenvalue weighted by Crippen LogP contribution is -2.25. The van der Waals surface area contributed by atoms with E-state index in [1.54, 1.807) is 0 Å². The van der Waals surface area contributed by atoms with Crippen molar-refractivity contribution in [1.82, 2.24) is 4.90 Å². The molecule has 0 aliphatic carbocycles. The fourth-order valence-electron chi connectivity index (χ4n) is 1.54. The molecule has 0 saturated heterocycles. The van der Waals surface area contributed by atoms with Crippen LogP contribution in [0.4, 0.5) is 5.69 Å². The van der Waals surface area contributed by atoms with Gasteiger partial charge in [-0.1, -0.05) is 12.1 Å². The fourth-order valence-corrected chi connectivity index (χ4v) is 1.54. The number of rotatable bonds is 4. The maximum absolute atomic E-state index is 3.46. The molecule has 0 aromatic heterocycles. The molecule has 0 spiro atoms. The second-order valence-corrected chi connectivity index (χ2v) is 5.63. The molecule has 0 amide bonds. The third-order valence-electron chi connectivity index (χ3n) is 2.32. The van der Waals surface area contributed by atoms with Crippen LogP contribution in [0.2, 0.25) is 0 Å². The molecule has 0 radical (unpaired) electrons. The topological polar surface area (TPSA) is 15.3 Å². The summed E-state index contributed by atoms with van der Waals surface area (Å²) in [5.41, 5.74) is 2.72. The summed E-state index contributed by atoms with van der Waals surface area (Å²) in [6, 6.07) is 8.74. The minimum Gasteiger partial charge on any atom is -0.380 e. The zero-order chi connectivity index (χ0) is 12.2.